The van der Waals surface area contributed by atoms with Crippen molar-refractivity contribution in [3.05, 3.63) is 24.4 Å². The van der Waals surface area contributed by atoms with Crippen molar-refractivity contribution in [1.82, 2.24) is 20.1 Å². The van der Waals surface area contributed by atoms with Gasteiger partial charge in [0.2, 0.25) is 17.5 Å². The topological polar surface area (TPSA) is 111 Å². The maximum Gasteiger partial charge on any atom is 0.246 e. The molecule has 2 heterocycles. The lowest BCUT2D eigenvalue weighted by Crippen LogP contribution is -2.14. The molecule has 0 bridgehead atoms. The van der Waals surface area contributed by atoms with Crippen LogP contribution in [-0.2, 0) is 0 Å². The minimum Gasteiger partial charge on any atom is -0.394 e. The molecule has 7 heteroatoms. The molecular formula is C8H9N5O2. The van der Waals surface area contributed by atoms with E-state index >= 15 is 0 Å². The van der Waals surface area contributed by atoms with Crippen LogP contribution in [0, 0.1) is 0 Å². The first-order chi connectivity index (χ1) is 7.31. The first-order valence-corrected chi connectivity index (χ1v) is 4.28. The normalized spacial score (nSPS) is 12.7. The Labute approximate surface area is 85.0 Å². The third-order valence-electron chi connectivity index (χ3n) is 1.72. The molecule has 1 atom stereocenters. The molecule has 3 N–H and O–H groups in total. The van der Waals surface area contributed by atoms with Crippen molar-refractivity contribution in [2.24, 2.45) is 5.73 Å². The van der Waals surface area contributed by atoms with Gasteiger partial charge in [0, 0.05) is 12.4 Å². The Bertz CT molecular complexity index is 430. The van der Waals surface area contributed by atoms with Gasteiger partial charge in [-0.3, -0.25) is 0 Å². The second-order valence-electron chi connectivity index (χ2n) is 2.82. The molecule has 2 rings (SSSR count). The summed E-state index contributed by atoms with van der Waals surface area (Å²) < 4.78 is 4.85. The van der Waals surface area contributed by atoms with Crippen LogP contribution in [0.3, 0.4) is 0 Å². The standard InChI is InChI=1S/C8H9N5O2/c9-5(4-14)8-12-7(13-15-8)6-10-2-1-3-11-6/h1-3,5,14H,4,9H2/t5-/m0/s1. The summed E-state index contributed by atoms with van der Waals surface area (Å²) in [7, 11) is 0. The van der Waals surface area contributed by atoms with Crippen molar-refractivity contribution in [1.29, 1.82) is 0 Å². The highest BCUT2D eigenvalue weighted by Crippen LogP contribution is 2.12. The smallest absolute Gasteiger partial charge is 0.246 e. The summed E-state index contributed by atoms with van der Waals surface area (Å²) in [6, 6.07) is 1.01. The monoisotopic (exact) mass is 207 g/mol. The van der Waals surface area contributed by atoms with Gasteiger partial charge < -0.3 is 15.4 Å². The Kier molecular flexibility index (Phi) is 2.66. The van der Waals surface area contributed by atoms with Crippen molar-refractivity contribution in [3.63, 3.8) is 0 Å². The maximum atomic E-state index is 8.78. The molecule has 0 aliphatic carbocycles. The van der Waals surface area contributed by atoms with Crippen molar-refractivity contribution in [2.75, 3.05) is 6.61 Å². The molecule has 0 aliphatic heterocycles. The van der Waals surface area contributed by atoms with E-state index < -0.39 is 6.04 Å². The van der Waals surface area contributed by atoms with Crippen LogP contribution in [0.2, 0.25) is 0 Å². The van der Waals surface area contributed by atoms with E-state index in [1.165, 1.54) is 0 Å². The first-order valence-electron chi connectivity index (χ1n) is 4.28. The number of aromatic nitrogens is 4. The molecule has 0 fully saturated rings. The Morgan fingerprint density at radius 1 is 1.33 bits per heavy atom. The van der Waals surface area contributed by atoms with Crippen LogP contribution < -0.4 is 5.73 Å². The van der Waals surface area contributed by atoms with E-state index in [1.807, 2.05) is 0 Å². The number of hydrogen-bond acceptors (Lipinski definition) is 7. The van der Waals surface area contributed by atoms with E-state index in [0.29, 0.717) is 5.82 Å². The highest BCUT2D eigenvalue weighted by molar-refractivity contribution is 5.40. The fourth-order valence-corrected chi connectivity index (χ4v) is 0.969. The van der Waals surface area contributed by atoms with Gasteiger partial charge in [-0.05, 0) is 6.07 Å². The summed E-state index contributed by atoms with van der Waals surface area (Å²) in [6.45, 7) is -0.253. The predicted molar refractivity (Wildman–Crippen MR) is 49.3 cm³/mol. The minimum absolute atomic E-state index is 0.167. The minimum atomic E-state index is -0.671. The van der Waals surface area contributed by atoms with Crippen LogP contribution >= 0.6 is 0 Å². The number of aliphatic hydroxyl groups is 1. The zero-order valence-corrected chi connectivity index (χ0v) is 7.74. The molecular weight excluding hydrogens is 198 g/mol. The van der Waals surface area contributed by atoms with E-state index in [9.17, 15) is 0 Å². The highest BCUT2D eigenvalue weighted by Gasteiger charge is 2.15. The van der Waals surface area contributed by atoms with Gasteiger partial charge in [0.05, 0.1) is 6.61 Å². The van der Waals surface area contributed by atoms with Gasteiger partial charge in [0.1, 0.15) is 6.04 Å². The van der Waals surface area contributed by atoms with Gasteiger partial charge in [-0.25, -0.2) is 9.97 Å². The maximum absolute atomic E-state index is 8.78. The molecule has 7 nitrogen and oxygen atoms in total. The van der Waals surface area contributed by atoms with E-state index in [2.05, 4.69) is 20.1 Å². The Balaban J connectivity index is 2.28. The average Bonchev–Trinajstić information content (AvgIpc) is 2.78. The number of hydrogen-bond donors (Lipinski definition) is 2. The molecule has 0 aromatic carbocycles. The van der Waals surface area contributed by atoms with E-state index in [-0.39, 0.29) is 18.3 Å². The van der Waals surface area contributed by atoms with Crippen molar-refractivity contribution < 1.29 is 9.63 Å². The summed E-state index contributed by atoms with van der Waals surface area (Å²) >= 11 is 0. The molecule has 2 aromatic heterocycles. The lowest BCUT2D eigenvalue weighted by atomic mass is 10.3. The number of nitrogens with zero attached hydrogens (tertiary/aromatic N) is 4. The zero-order chi connectivity index (χ0) is 10.7. The van der Waals surface area contributed by atoms with Crippen LogP contribution in [0.1, 0.15) is 11.9 Å². The van der Waals surface area contributed by atoms with Gasteiger partial charge in [-0.1, -0.05) is 5.16 Å². The van der Waals surface area contributed by atoms with Crippen LogP contribution in [0.4, 0.5) is 0 Å². The van der Waals surface area contributed by atoms with Crippen molar-refractivity contribution in [2.45, 2.75) is 6.04 Å². The molecule has 15 heavy (non-hydrogen) atoms. The van der Waals surface area contributed by atoms with E-state index in [0.717, 1.165) is 0 Å². The van der Waals surface area contributed by atoms with Gasteiger partial charge >= 0.3 is 0 Å². The lowest BCUT2D eigenvalue weighted by molar-refractivity contribution is 0.237. The predicted octanol–water partition coefficient (Wildman–Crippen LogP) is -0.481. The molecule has 0 saturated carbocycles. The van der Waals surface area contributed by atoms with Crippen LogP contribution in [-0.4, -0.2) is 31.8 Å². The highest BCUT2D eigenvalue weighted by atomic mass is 16.5. The molecule has 0 saturated heterocycles. The second-order valence-corrected chi connectivity index (χ2v) is 2.82. The summed E-state index contributed by atoms with van der Waals surface area (Å²) in [5.74, 6) is 0.784. The molecule has 0 amide bonds. The van der Waals surface area contributed by atoms with Crippen LogP contribution in [0.5, 0.6) is 0 Å². The lowest BCUT2D eigenvalue weighted by Gasteiger charge is -1.98. The van der Waals surface area contributed by atoms with Crippen molar-refractivity contribution >= 4 is 0 Å². The fraction of sp³-hybridized carbons (Fsp3) is 0.250. The molecule has 2 aromatic rings. The quantitative estimate of drug-likeness (QED) is 0.699. The summed E-state index contributed by atoms with van der Waals surface area (Å²) in [6.07, 6.45) is 3.15. The van der Waals surface area contributed by atoms with Crippen molar-refractivity contribution in [3.8, 4) is 11.6 Å². The average molecular weight is 207 g/mol. The second kappa shape index (κ2) is 4.11. The van der Waals surface area contributed by atoms with Crippen LogP contribution in [0.25, 0.3) is 11.6 Å². The molecule has 0 radical (unpaired) electrons. The summed E-state index contributed by atoms with van der Waals surface area (Å²) in [4.78, 5) is 11.9. The summed E-state index contributed by atoms with van der Waals surface area (Å²) in [5, 5.41) is 12.4. The molecule has 0 spiro atoms. The van der Waals surface area contributed by atoms with E-state index in [4.69, 9.17) is 15.4 Å². The largest absolute Gasteiger partial charge is 0.394 e. The van der Waals surface area contributed by atoms with Crippen LogP contribution in [0.15, 0.2) is 23.0 Å². The molecule has 78 valence electrons. The summed E-state index contributed by atoms with van der Waals surface area (Å²) in [5.41, 5.74) is 5.50. The number of nitrogens with two attached hydrogens (primary N) is 1. The third-order valence-corrected chi connectivity index (χ3v) is 1.72. The number of rotatable bonds is 3. The zero-order valence-electron chi connectivity index (χ0n) is 7.74. The molecule has 0 unspecified atom stereocenters. The van der Waals surface area contributed by atoms with Gasteiger partial charge in [0.25, 0.3) is 0 Å². The SMILES string of the molecule is N[C@@H](CO)c1nc(-c2ncccn2)no1. The first kappa shape index (κ1) is 9.69. The Morgan fingerprint density at radius 3 is 2.73 bits per heavy atom. The Hall–Kier alpha value is -1.86. The third kappa shape index (κ3) is 1.97. The Morgan fingerprint density at radius 2 is 2.07 bits per heavy atom. The van der Waals surface area contributed by atoms with E-state index in [1.54, 1.807) is 18.5 Å². The number of aliphatic hydroxyl groups excluding tert-OH is 1. The molecule has 0 aliphatic rings. The fourth-order valence-electron chi connectivity index (χ4n) is 0.969. The van der Waals surface area contributed by atoms with Gasteiger partial charge in [-0.15, -0.1) is 0 Å². The van der Waals surface area contributed by atoms with Gasteiger partial charge in [0.15, 0.2) is 0 Å². The van der Waals surface area contributed by atoms with Gasteiger partial charge in [-0.2, -0.15) is 4.98 Å².